The molecule has 0 bridgehead atoms. The Morgan fingerprint density at radius 2 is 2.30 bits per heavy atom. The molecule has 20 heavy (non-hydrogen) atoms. The minimum Gasteiger partial charge on any atom is -0.378 e. The van der Waals surface area contributed by atoms with Gasteiger partial charge in [-0.1, -0.05) is 6.92 Å². The average Bonchev–Trinajstić information content (AvgIpc) is 3.02. The lowest BCUT2D eigenvalue weighted by Gasteiger charge is -2.17. The fourth-order valence-electron chi connectivity index (χ4n) is 2.56. The van der Waals surface area contributed by atoms with E-state index in [4.69, 9.17) is 10.5 Å². The molecule has 1 aliphatic rings. The van der Waals surface area contributed by atoms with E-state index in [-0.39, 0.29) is 23.6 Å². The molecule has 7 nitrogen and oxygen atoms in total. The molecule has 1 fully saturated rings. The topological polar surface area (TPSA) is 110 Å². The number of aromatic nitrogens is 2. The first-order valence-electron chi connectivity index (χ1n) is 6.84. The van der Waals surface area contributed by atoms with Crippen LogP contribution in [0.5, 0.6) is 0 Å². The van der Waals surface area contributed by atoms with Crippen LogP contribution in [0.15, 0.2) is 5.03 Å². The summed E-state index contributed by atoms with van der Waals surface area (Å²) in [4.78, 5) is 0. The first-order valence-corrected chi connectivity index (χ1v) is 8.33. The molecule has 0 saturated carbocycles. The molecule has 8 heteroatoms. The van der Waals surface area contributed by atoms with Crippen LogP contribution in [0.2, 0.25) is 0 Å². The Bertz CT molecular complexity index is 555. The van der Waals surface area contributed by atoms with Crippen molar-refractivity contribution in [2.45, 2.75) is 44.4 Å². The predicted molar refractivity (Wildman–Crippen MR) is 74.5 cm³/mol. The largest absolute Gasteiger partial charge is 0.378 e. The van der Waals surface area contributed by atoms with Crippen LogP contribution in [-0.2, 0) is 21.3 Å². The summed E-state index contributed by atoms with van der Waals surface area (Å²) in [5.41, 5.74) is 6.80. The number of rotatable bonds is 6. The molecule has 2 rings (SSSR count). The van der Waals surface area contributed by atoms with Crippen molar-refractivity contribution in [1.82, 2.24) is 14.9 Å². The monoisotopic (exact) mass is 302 g/mol. The number of H-pyrrole nitrogens is 1. The van der Waals surface area contributed by atoms with Gasteiger partial charge in [-0.05, 0) is 19.8 Å². The molecule has 0 aliphatic carbocycles. The van der Waals surface area contributed by atoms with Gasteiger partial charge in [0.1, 0.15) is 0 Å². The van der Waals surface area contributed by atoms with E-state index in [9.17, 15) is 8.42 Å². The Hall–Kier alpha value is -0.960. The van der Waals surface area contributed by atoms with Crippen LogP contribution in [0.3, 0.4) is 0 Å². The van der Waals surface area contributed by atoms with E-state index in [2.05, 4.69) is 14.9 Å². The Labute approximate surface area is 119 Å². The predicted octanol–water partition coefficient (Wildman–Crippen LogP) is 0.270. The lowest BCUT2D eigenvalue weighted by Crippen LogP contribution is -2.33. The van der Waals surface area contributed by atoms with Gasteiger partial charge in [0.15, 0.2) is 5.03 Å². The van der Waals surface area contributed by atoms with Gasteiger partial charge in [0.25, 0.3) is 10.0 Å². The van der Waals surface area contributed by atoms with Gasteiger partial charge in [0, 0.05) is 36.9 Å². The van der Waals surface area contributed by atoms with Gasteiger partial charge >= 0.3 is 0 Å². The van der Waals surface area contributed by atoms with Crippen LogP contribution in [-0.4, -0.2) is 37.9 Å². The van der Waals surface area contributed by atoms with E-state index < -0.39 is 10.0 Å². The van der Waals surface area contributed by atoms with Crippen molar-refractivity contribution in [3.63, 3.8) is 0 Å². The van der Waals surface area contributed by atoms with Gasteiger partial charge in [-0.25, -0.2) is 13.1 Å². The highest BCUT2D eigenvalue weighted by Gasteiger charge is 2.29. The van der Waals surface area contributed by atoms with Crippen molar-refractivity contribution in [3.05, 3.63) is 11.3 Å². The molecule has 0 spiro atoms. The van der Waals surface area contributed by atoms with Crippen molar-refractivity contribution >= 4 is 10.0 Å². The van der Waals surface area contributed by atoms with Gasteiger partial charge in [-0.15, -0.1) is 0 Å². The van der Waals surface area contributed by atoms with Crippen molar-refractivity contribution in [2.75, 3.05) is 13.2 Å². The molecule has 1 saturated heterocycles. The third-order valence-corrected chi connectivity index (χ3v) is 5.17. The number of ether oxygens (including phenoxy) is 1. The molecule has 2 unspecified atom stereocenters. The maximum atomic E-state index is 12.3. The molecule has 0 amide bonds. The van der Waals surface area contributed by atoms with E-state index in [1.807, 2.05) is 6.92 Å². The third kappa shape index (κ3) is 3.03. The molecule has 0 aromatic carbocycles. The normalized spacial score (nSPS) is 23.4. The van der Waals surface area contributed by atoms with Crippen LogP contribution in [0, 0.1) is 12.8 Å². The number of nitrogens with zero attached hydrogens (tertiary/aromatic N) is 1. The molecule has 0 radical (unpaired) electrons. The number of hydrogen-bond acceptors (Lipinski definition) is 5. The summed E-state index contributed by atoms with van der Waals surface area (Å²) in [5.74, 6) is 0.219. The lowest BCUT2D eigenvalue weighted by atomic mass is 10.0. The molecule has 114 valence electrons. The SMILES string of the molecule is CCC1OCCC1CNS(=O)(=O)c1n[nH]c(C)c1CN. The van der Waals surface area contributed by atoms with Crippen LogP contribution >= 0.6 is 0 Å². The van der Waals surface area contributed by atoms with E-state index in [0.717, 1.165) is 12.8 Å². The lowest BCUT2D eigenvalue weighted by molar-refractivity contribution is 0.0884. The van der Waals surface area contributed by atoms with Crippen molar-refractivity contribution in [3.8, 4) is 0 Å². The van der Waals surface area contributed by atoms with Gasteiger partial charge in [0.2, 0.25) is 0 Å². The Morgan fingerprint density at radius 3 is 2.95 bits per heavy atom. The average molecular weight is 302 g/mol. The Balaban J connectivity index is 2.07. The first kappa shape index (κ1) is 15.4. The maximum absolute atomic E-state index is 12.3. The van der Waals surface area contributed by atoms with E-state index in [1.165, 1.54) is 0 Å². The highest BCUT2D eigenvalue weighted by molar-refractivity contribution is 7.89. The molecular formula is C12H22N4O3S. The van der Waals surface area contributed by atoms with Gasteiger partial charge in [-0.2, -0.15) is 5.10 Å². The molecule has 2 atom stereocenters. The molecule has 1 aliphatic heterocycles. The zero-order valence-electron chi connectivity index (χ0n) is 11.8. The van der Waals surface area contributed by atoms with Crippen LogP contribution in [0.25, 0.3) is 0 Å². The smallest absolute Gasteiger partial charge is 0.260 e. The number of aromatic amines is 1. The zero-order chi connectivity index (χ0) is 14.8. The third-order valence-electron chi connectivity index (χ3n) is 3.78. The zero-order valence-corrected chi connectivity index (χ0v) is 12.7. The highest BCUT2D eigenvalue weighted by Crippen LogP contribution is 2.23. The summed E-state index contributed by atoms with van der Waals surface area (Å²) in [7, 11) is -3.63. The number of aryl methyl sites for hydroxylation is 1. The highest BCUT2D eigenvalue weighted by atomic mass is 32.2. The molecule has 1 aromatic rings. The molecule has 4 N–H and O–H groups in total. The molecular weight excluding hydrogens is 280 g/mol. The standard InChI is InChI=1S/C12H22N4O3S/c1-3-11-9(4-5-19-11)7-14-20(17,18)12-10(6-13)8(2)15-16-12/h9,11,14H,3-7,13H2,1-2H3,(H,15,16). The van der Waals surface area contributed by atoms with Crippen molar-refractivity contribution < 1.29 is 13.2 Å². The van der Waals surface area contributed by atoms with E-state index in [1.54, 1.807) is 6.92 Å². The summed E-state index contributed by atoms with van der Waals surface area (Å²) in [5, 5.41) is 6.53. The van der Waals surface area contributed by atoms with E-state index in [0.29, 0.717) is 24.4 Å². The Morgan fingerprint density at radius 1 is 1.55 bits per heavy atom. The second kappa shape index (κ2) is 6.21. The minimum absolute atomic E-state index is 0.00413. The molecule has 1 aromatic heterocycles. The van der Waals surface area contributed by atoms with Crippen molar-refractivity contribution in [2.24, 2.45) is 11.7 Å². The Kier molecular flexibility index (Phi) is 4.79. The van der Waals surface area contributed by atoms with E-state index >= 15 is 0 Å². The number of hydrogen-bond donors (Lipinski definition) is 3. The van der Waals surface area contributed by atoms with Crippen LogP contribution in [0.4, 0.5) is 0 Å². The fraction of sp³-hybridized carbons (Fsp3) is 0.750. The summed E-state index contributed by atoms with van der Waals surface area (Å²) >= 11 is 0. The first-order chi connectivity index (χ1) is 9.49. The number of sulfonamides is 1. The molecule has 2 heterocycles. The number of nitrogens with one attached hydrogen (secondary N) is 2. The van der Waals surface area contributed by atoms with Gasteiger partial charge in [0.05, 0.1) is 6.10 Å². The van der Waals surface area contributed by atoms with Crippen molar-refractivity contribution in [1.29, 1.82) is 0 Å². The summed E-state index contributed by atoms with van der Waals surface area (Å²) < 4.78 is 32.8. The second-order valence-corrected chi connectivity index (χ2v) is 6.74. The minimum atomic E-state index is -3.63. The van der Waals surface area contributed by atoms with Gasteiger partial charge < -0.3 is 10.5 Å². The second-order valence-electron chi connectivity index (χ2n) is 5.05. The summed E-state index contributed by atoms with van der Waals surface area (Å²) in [6, 6.07) is 0. The summed E-state index contributed by atoms with van der Waals surface area (Å²) in [6.45, 7) is 5.01. The quantitative estimate of drug-likeness (QED) is 0.698. The number of nitrogens with two attached hydrogens (primary N) is 1. The van der Waals surface area contributed by atoms with Gasteiger partial charge in [-0.3, -0.25) is 5.10 Å². The maximum Gasteiger partial charge on any atom is 0.260 e. The summed E-state index contributed by atoms with van der Waals surface area (Å²) in [6.07, 6.45) is 1.90. The van der Waals surface area contributed by atoms with Crippen LogP contribution < -0.4 is 10.5 Å². The fourth-order valence-corrected chi connectivity index (χ4v) is 3.85. The van der Waals surface area contributed by atoms with Crippen LogP contribution in [0.1, 0.15) is 31.0 Å².